The van der Waals surface area contributed by atoms with Crippen molar-refractivity contribution in [3.8, 4) is 34.5 Å². The molecule has 9 nitrogen and oxygen atoms in total. The maximum atomic E-state index is 17.2. The lowest BCUT2D eigenvalue weighted by Crippen LogP contribution is -2.43. The van der Waals surface area contributed by atoms with Crippen LogP contribution in [-0.2, 0) is 0 Å². The number of pyridine rings is 1. The van der Waals surface area contributed by atoms with Gasteiger partial charge in [0.05, 0.1) is 17.6 Å². The number of hydrazine groups is 1. The number of alkyl halides is 1. The van der Waals surface area contributed by atoms with E-state index in [0.717, 1.165) is 25.9 Å². The van der Waals surface area contributed by atoms with E-state index in [-0.39, 0.29) is 46.6 Å². The molecule has 0 unspecified atom stereocenters. The summed E-state index contributed by atoms with van der Waals surface area (Å²) in [6, 6.07) is 5.80. The third kappa shape index (κ3) is 8.11. The van der Waals surface area contributed by atoms with Gasteiger partial charge in [-0.05, 0) is 71.9 Å². The first-order valence-electron chi connectivity index (χ1n) is 18.9. The summed E-state index contributed by atoms with van der Waals surface area (Å²) in [6.07, 6.45) is 2.53. The van der Waals surface area contributed by atoms with Crippen LogP contribution in [0.3, 0.4) is 0 Å². The minimum Gasteiger partial charge on any atom is -0.508 e. The first kappa shape index (κ1) is 38.8. The fraction of sp³-hybridized carbons (Fsp3) is 0.525. The Morgan fingerprint density at radius 3 is 2.53 bits per heavy atom. The minimum atomic E-state index is -2.27. The number of anilines is 1. The van der Waals surface area contributed by atoms with Crippen LogP contribution in [0.5, 0.6) is 11.8 Å². The second-order valence-electron chi connectivity index (χ2n) is 15.3. The molecule has 4 N–H and O–H groups in total. The van der Waals surface area contributed by atoms with Gasteiger partial charge in [-0.25, -0.2) is 18.6 Å². The summed E-state index contributed by atoms with van der Waals surface area (Å²) in [7, 11) is -2.27. The number of halogens is 3. The Morgan fingerprint density at radius 2 is 1.77 bits per heavy atom. The lowest BCUT2D eigenvalue weighted by molar-refractivity contribution is 0.166. The van der Waals surface area contributed by atoms with Gasteiger partial charge in [0, 0.05) is 49.9 Å². The summed E-state index contributed by atoms with van der Waals surface area (Å²) in [5, 5.41) is 20.4. The minimum absolute atomic E-state index is 0.0335. The molecular weight excluding hydrogens is 696 g/mol. The van der Waals surface area contributed by atoms with Gasteiger partial charge in [0.2, 0.25) is 0 Å². The van der Waals surface area contributed by atoms with Gasteiger partial charge in [-0.2, -0.15) is 9.97 Å². The molecule has 4 heterocycles. The topological polar surface area (TPSA) is 107 Å². The van der Waals surface area contributed by atoms with Crippen LogP contribution in [0.2, 0.25) is 16.6 Å². The number of nitrogens with one attached hydrogen (secondary N) is 3. The number of benzene rings is 2. The Hall–Kier alpha value is -3.96. The van der Waals surface area contributed by atoms with E-state index in [4.69, 9.17) is 9.72 Å². The van der Waals surface area contributed by atoms with Crippen LogP contribution in [0.4, 0.5) is 19.0 Å². The molecular formula is C40H52F3N7O2Si. The van der Waals surface area contributed by atoms with Crippen molar-refractivity contribution in [1.29, 1.82) is 0 Å². The molecule has 0 aliphatic carbocycles. The number of aromatic nitrogens is 3. The highest BCUT2D eigenvalue weighted by molar-refractivity contribution is 6.90. The van der Waals surface area contributed by atoms with Crippen molar-refractivity contribution in [3.05, 3.63) is 47.7 Å². The molecule has 2 aromatic carbocycles. The van der Waals surface area contributed by atoms with E-state index in [9.17, 15) is 9.50 Å². The molecule has 13 heteroatoms. The van der Waals surface area contributed by atoms with Gasteiger partial charge < -0.3 is 20.5 Å². The van der Waals surface area contributed by atoms with Gasteiger partial charge >= 0.3 is 6.01 Å². The van der Waals surface area contributed by atoms with E-state index >= 15 is 8.78 Å². The highest BCUT2D eigenvalue weighted by Crippen LogP contribution is 2.42. The van der Waals surface area contributed by atoms with Crippen molar-refractivity contribution in [1.82, 2.24) is 31.0 Å². The summed E-state index contributed by atoms with van der Waals surface area (Å²) >= 11 is 0. The van der Waals surface area contributed by atoms with Gasteiger partial charge in [0.25, 0.3) is 0 Å². The van der Waals surface area contributed by atoms with E-state index in [1.54, 1.807) is 6.07 Å². The van der Waals surface area contributed by atoms with Crippen molar-refractivity contribution in [2.24, 2.45) is 5.92 Å². The van der Waals surface area contributed by atoms with Crippen molar-refractivity contribution in [2.45, 2.75) is 83.6 Å². The number of phenolic OH excluding ortho intramolecular Hbond substituents is 1. The van der Waals surface area contributed by atoms with Crippen LogP contribution < -0.4 is 25.8 Å². The average Bonchev–Trinajstić information content (AvgIpc) is 3.39. The standard InChI is InChI=1S/C40H52F3N7O2Si/c1-24(2)53(25(3)4,26(5)6)17-11-31-34(42)10-9-28-19-30(51)20-32(35(28)31)37-36(43)38-33(22-46-37)39(50-16-15-44-13-14-47-50)49-40(48-38)52-23-27-8-7-12-45-21-29(41)18-27/h9-10,19-20,22,24-27,29,44-45,47,51H,7-8,12-16,18,21,23H2,1-6H3/t27-,29-/m1/s1. The highest BCUT2D eigenvalue weighted by Gasteiger charge is 2.42. The molecule has 0 spiro atoms. The van der Waals surface area contributed by atoms with Gasteiger partial charge in [-0.1, -0.05) is 53.5 Å². The molecule has 2 saturated heterocycles. The first-order chi connectivity index (χ1) is 25.4. The molecule has 0 radical (unpaired) electrons. The van der Waals surface area contributed by atoms with Crippen molar-refractivity contribution in [3.63, 3.8) is 0 Å². The molecule has 53 heavy (non-hydrogen) atoms. The Morgan fingerprint density at radius 1 is 1.00 bits per heavy atom. The second kappa shape index (κ2) is 16.6. The number of rotatable bonds is 8. The van der Waals surface area contributed by atoms with E-state index < -0.39 is 25.9 Å². The zero-order valence-corrected chi connectivity index (χ0v) is 32.6. The SMILES string of the molecule is CC(C)[Si](C#Cc1c(F)ccc2cc(O)cc(-c3ncc4c(N5CCNCCN5)nc(OC[C@@H]5CCCNC[C@H](F)C5)nc4c3F)c12)(C(C)C)C(C)C. The van der Waals surface area contributed by atoms with E-state index in [0.29, 0.717) is 71.2 Å². The molecule has 0 bridgehead atoms. The summed E-state index contributed by atoms with van der Waals surface area (Å²) in [6.45, 7) is 16.9. The van der Waals surface area contributed by atoms with Crippen molar-refractivity contribution in [2.75, 3.05) is 50.9 Å². The largest absolute Gasteiger partial charge is 0.508 e. The molecule has 6 rings (SSSR count). The van der Waals surface area contributed by atoms with Crippen LogP contribution >= 0.6 is 0 Å². The van der Waals surface area contributed by atoms with Crippen LogP contribution in [0.1, 0.15) is 66.4 Å². The molecule has 2 fully saturated rings. The zero-order valence-electron chi connectivity index (χ0n) is 31.6. The normalized spacial score (nSPS) is 19.0. The Kier molecular flexibility index (Phi) is 12.1. The van der Waals surface area contributed by atoms with Crippen LogP contribution in [0.15, 0.2) is 30.5 Å². The van der Waals surface area contributed by atoms with Gasteiger partial charge in [0.15, 0.2) is 11.6 Å². The lowest BCUT2D eigenvalue weighted by Gasteiger charge is -2.38. The van der Waals surface area contributed by atoms with E-state index in [2.05, 4.69) is 79.0 Å². The monoisotopic (exact) mass is 747 g/mol. The fourth-order valence-electron chi connectivity index (χ4n) is 8.35. The molecule has 2 aliphatic heterocycles. The summed E-state index contributed by atoms with van der Waals surface area (Å²) in [4.78, 5) is 13.9. The van der Waals surface area contributed by atoms with Gasteiger partial charge in [-0.15, -0.1) is 5.54 Å². The Balaban J connectivity index is 1.52. The van der Waals surface area contributed by atoms with Crippen molar-refractivity contribution >= 4 is 35.6 Å². The zero-order chi connectivity index (χ0) is 37.9. The quantitative estimate of drug-likeness (QED) is 0.108. The number of ether oxygens (including phenoxy) is 1. The summed E-state index contributed by atoms with van der Waals surface area (Å²) in [5.74, 6) is 2.19. The first-order valence-corrected chi connectivity index (χ1v) is 21.2. The number of aromatic hydroxyl groups is 1. The molecule has 4 aromatic rings. The third-order valence-electron chi connectivity index (χ3n) is 11.0. The van der Waals surface area contributed by atoms with E-state index in [1.807, 2.05) is 5.01 Å². The van der Waals surface area contributed by atoms with Gasteiger partial charge in [-0.3, -0.25) is 9.99 Å². The number of phenols is 1. The molecule has 0 saturated carbocycles. The predicted octanol–water partition coefficient (Wildman–Crippen LogP) is 7.42. The molecule has 2 aromatic heterocycles. The Labute approximate surface area is 311 Å². The Bertz CT molecular complexity index is 1970. The molecule has 2 atom stereocenters. The predicted molar refractivity (Wildman–Crippen MR) is 209 cm³/mol. The summed E-state index contributed by atoms with van der Waals surface area (Å²) in [5.41, 5.74) is 8.10. The smallest absolute Gasteiger partial charge is 0.319 e. The lowest BCUT2D eigenvalue weighted by atomic mass is 9.96. The maximum Gasteiger partial charge on any atom is 0.319 e. The second-order valence-corrected chi connectivity index (χ2v) is 20.9. The average molecular weight is 748 g/mol. The molecule has 284 valence electrons. The van der Waals surface area contributed by atoms with Gasteiger partial charge in [0.1, 0.15) is 37.0 Å². The third-order valence-corrected chi connectivity index (χ3v) is 17.3. The number of nitrogens with zero attached hydrogens (tertiary/aromatic N) is 4. The van der Waals surface area contributed by atoms with Crippen LogP contribution in [0.25, 0.3) is 32.9 Å². The number of hydrogen-bond acceptors (Lipinski definition) is 9. The van der Waals surface area contributed by atoms with E-state index in [1.165, 1.54) is 24.4 Å². The van der Waals surface area contributed by atoms with Crippen LogP contribution in [-0.4, -0.2) is 80.2 Å². The fourth-order valence-corrected chi connectivity index (χ4v) is 13.6. The maximum absolute atomic E-state index is 17.2. The van der Waals surface area contributed by atoms with Crippen LogP contribution in [0, 0.1) is 29.0 Å². The highest BCUT2D eigenvalue weighted by atomic mass is 28.3. The summed E-state index contributed by atoms with van der Waals surface area (Å²) < 4.78 is 53.8. The van der Waals surface area contributed by atoms with Crippen molar-refractivity contribution < 1.29 is 23.0 Å². The number of hydrogen-bond donors (Lipinski definition) is 4. The molecule has 0 amide bonds. The molecule has 2 aliphatic rings. The number of fused-ring (bicyclic) bond motifs is 2.